The van der Waals surface area contributed by atoms with Crippen LogP contribution in [0.25, 0.3) is 10.1 Å². The Labute approximate surface area is 82.6 Å². The number of carboxylic acids is 1. The van der Waals surface area contributed by atoms with Gasteiger partial charge >= 0.3 is 5.97 Å². The molecule has 0 aliphatic heterocycles. The lowest BCUT2D eigenvalue weighted by atomic mass is 10.1. The third-order valence-corrected chi connectivity index (χ3v) is 2.91. The number of aromatic carboxylic acids is 1. The quantitative estimate of drug-likeness (QED) is 0.711. The van der Waals surface area contributed by atoms with E-state index in [9.17, 15) is 9.18 Å². The number of benzene rings is 1. The van der Waals surface area contributed by atoms with E-state index >= 15 is 0 Å². The Kier molecular flexibility index (Phi) is 1.89. The van der Waals surface area contributed by atoms with Gasteiger partial charge in [0.1, 0.15) is 5.82 Å². The second kappa shape index (κ2) is 2.95. The van der Waals surface area contributed by atoms with E-state index in [2.05, 4.69) is 0 Å². The summed E-state index contributed by atoms with van der Waals surface area (Å²) in [4.78, 5) is 10.8. The zero-order valence-corrected chi connectivity index (χ0v) is 7.77. The monoisotopic (exact) mass is 211 g/mol. The first-order valence-electron chi connectivity index (χ1n) is 3.79. The van der Waals surface area contributed by atoms with Gasteiger partial charge in [-0.2, -0.15) is 0 Å². The maximum absolute atomic E-state index is 13.2. The SMILES string of the molecule is Nc1c(F)cc(C(=O)O)c2sccc12. The molecule has 0 aliphatic rings. The highest BCUT2D eigenvalue weighted by molar-refractivity contribution is 7.17. The molecule has 0 radical (unpaired) electrons. The van der Waals surface area contributed by atoms with Gasteiger partial charge in [-0.1, -0.05) is 0 Å². The van der Waals surface area contributed by atoms with Crippen LogP contribution in [0.4, 0.5) is 10.1 Å². The fourth-order valence-corrected chi connectivity index (χ4v) is 2.21. The van der Waals surface area contributed by atoms with Gasteiger partial charge in [-0.05, 0) is 17.5 Å². The predicted molar refractivity (Wildman–Crippen MR) is 53.2 cm³/mol. The molecule has 2 rings (SSSR count). The standard InChI is InChI=1S/C9H6FNO2S/c10-6-3-5(9(12)13)8-4(7(6)11)1-2-14-8/h1-3H,11H2,(H,12,13). The average Bonchev–Trinajstić information content (AvgIpc) is 2.59. The Bertz CT molecular complexity index is 521. The smallest absolute Gasteiger partial charge is 0.337 e. The van der Waals surface area contributed by atoms with Gasteiger partial charge in [0.15, 0.2) is 0 Å². The first kappa shape index (κ1) is 8.96. The molecule has 1 aromatic heterocycles. The molecule has 1 aromatic carbocycles. The lowest BCUT2D eigenvalue weighted by molar-refractivity contribution is 0.0699. The van der Waals surface area contributed by atoms with Crippen molar-refractivity contribution in [3.8, 4) is 0 Å². The van der Waals surface area contributed by atoms with Crippen LogP contribution in [0.1, 0.15) is 10.4 Å². The molecule has 5 heteroatoms. The molecule has 3 N–H and O–H groups in total. The lowest BCUT2D eigenvalue weighted by Gasteiger charge is -2.01. The summed E-state index contributed by atoms with van der Waals surface area (Å²) in [5.74, 6) is -1.83. The summed E-state index contributed by atoms with van der Waals surface area (Å²) in [7, 11) is 0. The van der Waals surface area contributed by atoms with Crippen molar-refractivity contribution >= 4 is 33.1 Å². The van der Waals surface area contributed by atoms with Gasteiger partial charge in [0.25, 0.3) is 0 Å². The molecule has 0 saturated carbocycles. The van der Waals surface area contributed by atoms with Crippen LogP contribution in [0.15, 0.2) is 17.5 Å². The molecule has 0 spiro atoms. The highest BCUT2D eigenvalue weighted by Crippen LogP contribution is 2.31. The van der Waals surface area contributed by atoms with Crippen LogP contribution >= 0.6 is 11.3 Å². The van der Waals surface area contributed by atoms with Crippen LogP contribution in [0.2, 0.25) is 0 Å². The second-order valence-electron chi connectivity index (χ2n) is 2.79. The number of hydrogen-bond acceptors (Lipinski definition) is 3. The van der Waals surface area contributed by atoms with Crippen LogP contribution < -0.4 is 5.73 Å². The highest BCUT2D eigenvalue weighted by Gasteiger charge is 2.15. The number of anilines is 1. The topological polar surface area (TPSA) is 63.3 Å². The van der Waals surface area contributed by atoms with Gasteiger partial charge in [-0.15, -0.1) is 11.3 Å². The van der Waals surface area contributed by atoms with E-state index in [4.69, 9.17) is 10.8 Å². The van der Waals surface area contributed by atoms with Crippen molar-refractivity contribution in [1.82, 2.24) is 0 Å². The lowest BCUT2D eigenvalue weighted by Crippen LogP contribution is -2.00. The van der Waals surface area contributed by atoms with Gasteiger partial charge in [0, 0.05) is 5.39 Å². The Balaban J connectivity index is 2.91. The van der Waals surface area contributed by atoms with Crippen LogP contribution in [0.3, 0.4) is 0 Å². The molecule has 3 nitrogen and oxygen atoms in total. The molecule has 0 aliphatic carbocycles. The highest BCUT2D eigenvalue weighted by atomic mass is 32.1. The minimum Gasteiger partial charge on any atom is -0.478 e. The molecule has 0 atom stereocenters. The zero-order valence-electron chi connectivity index (χ0n) is 6.95. The van der Waals surface area contributed by atoms with Gasteiger partial charge in [0.05, 0.1) is 16.0 Å². The van der Waals surface area contributed by atoms with E-state index in [0.717, 1.165) is 6.07 Å². The fraction of sp³-hybridized carbons (Fsp3) is 0. The van der Waals surface area contributed by atoms with Crippen molar-refractivity contribution < 1.29 is 14.3 Å². The summed E-state index contributed by atoms with van der Waals surface area (Å²) >= 11 is 1.24. The normalized spacial score (nSPS) is 10.6. The summed E-state index contributed by atoms with van der Waals surface area (Å²) in [6, 6.07) is 2.57. The molecular weight excluding hydrogens is 205 g/mol. The summed E-state index contributed by atoms with van der Waals surface area (Å²) < 4.78 is 13.7. The maximum Gasteiger partial charge on any atom is 0.337 e. The van der Waals surface area contributed by atoms with Crippen molar-refractivity contribution in [2.24, 2.45) is 0 Å². The Morgan fingerprint density at radius 3 is 2.93 bits per heavy atom. The number of hydrogen-bond donors (Lipinski definition) is 2. The first-order chi connectivity index (χ1) is 6.61. The van der Waals surface area contributed by atoms with Crippen molar-refractivity contribution in [1.29, 1.82) is 0 Å². The van der Waals surface area contributed by atoms with E-state index in [1.165, 1.54) is 11.3 Å². The van der Waals surface area contributed by atoms with E-state index in [1.807, 2.05) is 0 Å². The minimum atomic E-state index is -1.14. The summed E-state index contributed by atoms with van der Waals surface area (Å²) in [5.41, 5.74) is 5.44. The number of thiophene rings is 1. The number of nitrogens with two attached hydrogens (primary N) is 1. The molecule has 72 valence electrons. The molecule has 0 saturated heterocycles. The molecule has 2 aromatic rings. The van der Waals surface area contributed by atoms with Crippen molar-refractivity contribution in [2.45, 2.75) is 0 Å². The Hall–Kier alpha value is -1.62. The number of carboxylic acid groups (broad SMARTS) is 1. The second-order valence-corrected chi connectivity index (χ2v) is 3.70. The largest absolute Gasteiger partial charge is 0.478 e. The van der Waals surface area contributed by atoms with Crippen LogP contribution in [-0.2, 0) is 0 Å². The van der Waals surface area contributed by atoms with E-state index in [-0.39, 0.29) is 11.3 Å². The molecule has 0 bridgehead atoms. The molecule has 1 heterocycles. The minimum absolute atomic E-state index is 0.00579. The Morgan fingerprint density at radius 1 is 1.57 bits per heavy atom. The van der Waals surface area contributed by atoms with Crippen molar-refractivity contribution in [3.63, 3.8) is 0 Å². The third kappa shape index (κ3) is 1.13. The number of fused-ring (bicyclic) bond motifs is 1. The van der Waals surface area contributed by atoms with Crippen molar-refractivity contribution in [3.05, 3.63) is 28.9 Å². The van der Waals surface area contributed by atoms with E-state index in [1.54, 1.807) is 11.4 Å². The van der Waals surface area contributed by atoms with Gasteiger partial charge in [0.2, 0.25) is 0 Å². The van der Waals surface area contributed by atoms with Gasteiger partial charge in [-0.25, -0.2) is 9.18 Å². The van der Waals surface area contributed by atoms with Crippen LogP contribution in [0.5, 0.6) is 0 Å². The fourth-order valence-electron chi connectivity index (χ4n) is 1.29. The predicted octanol–water partition coefficient (Wildman–Crippen LogP) is 2.32. The van der Waals surface area contributed by atoms with E-state index in [0.29, 0.717) is 10.1 Å². The van der Waals surface area contributed by atoms with Gasteiger partial charge in [-0.3, -0.25) is 0 Å². The average molecular weight is 211 g/mol. The number of nitrogen functional groups attached to an aromatic ring is 1. The summed E-state index contributed by atoms with van der Waals surface area (Å²) in [6.07, 6.45) is 0. The van der Waals surface area contributed by atoms with Crippen molar-refractivity contribution in [2.75, 3.05) is 5.73 Å². The van der Waals surface area contributed by atoms with Gasteiger partial charge < -0.3 is 10.8 Å². The zero-order chi connectivity index (χ0) is 10.3. The molecule has 0 amide bonds. The number of halogens is 1. The summed E-state index contributed by atoms with van der Waals surface area (Å²) in [6.45, 7) is 0. The molecule has 14 heavy (non-hydrogen) atoms. The number of rotatable bonds is 1. The van der Waals surface area contributed by atoms with Crippen LogP contribution in [0, 0.1) is 5.82 Å². The van der Waals surface area contributed by atoms with Crippen LogP contribution in [-0.4, -0.2) is 11.1 Å². The first-order valence-corrected chi connectivity index (χ1v) is 4.67. The maximum atomic E-state index is 13.2. The molecule has 0 unspecified atom stereocenters. The summed E-state index contributed by atoms with van der Waals surface area (Å²) in [5, 5.41) is 11.0. The number of carbonyl (C=O) groups is 1. The molecular formula is C9H6FNO2S. The molecule has 0 fully saturated rings. The van der Waals surface area contributed by atoms with E-state index < -0.39 is 11.8 Å². The third-order valence-electron chi connectivity index (χ3n) is 1.96. The Morgan fingerprint density at radius 2 is 2.29 bits per heavy atom.